The molecule has 0 aliphatic carbocycles. The van der Waals surface area contributed by atoms with Crippen LogP contribution in [0.4, 0.5) is 0 Å². The third-order valence-corrected chi connectivity index (χ3v) is 1.97. The maximum Gasteiger partial charge on any atom is 0.220 e. The van der Waals surface area contributed by atoms with E-state index in [1.54, 1.807) is 23.9 Å². The Labute approximate surface area is 76.5 Å². The van der Waals surface area contributed by atoms with Gasteiger partial charge in [0.05, 0.1) is 19.5 Å². The zero-order valence-electron chi connectivity index (χ0n) is 6.23. The van der Waals surface area contributed by atoms with E-state index in [0.717, 1.165) is 0 Å². The number of hydrogen-bond acceptors (Lipinski definition) is 4. The normalized spacial score (nSPS) is 10.5. The predicted octanol–water partition coefficient (Wildman–Crippen LogP) is 0.895. The molecule has 0 aromatic carbocycles. The average molecular weight is 229 g/mol. The molecule has 6 heteroatoms. The molecule has 0 saturated heterocycles. The summed E-state index contributed by atoms with van der Waals surface area (Å²) in [7, 11) is 1.57. The Morgan fingerprint density at radius 1 is 1.42 bits per heavy atom. The lowest BCUT2D eigenvalue weighted by molar-refractivity contribution is 0.389. The highest BCUT2D eigenvalue weighted by atomic mass is 79.9. The highest BCUT2D eigenvalue weighted by Crippen LogP contribution is 2.16. The molecule has 2 aromatic rings. The van der Waals surface area contributed by atoms with Crippen molar-refractivity contribution < 1.29 is 4.74 Å². The van der Waals surface area contributed by atoms with Gasteiger partial charge >= 0.3 is 0 Å². The third kappa shape index (κ3) is 0.953. The summed E-state index contributed by atoms with van der Waals surface area (Å²) in [5.41, 5.74) is 0.654. The molecule has 2 heterocycles. The Balaban J connectivity index is 2.84. The summed E-state index contributed by atoms with van der Waals surface area (Å²) in [6.07, 6.45) is 3.21. The summed E-state index contributed by atoms with van der Waals surface area (Å²) in [6, 6.07) is 0. The second-order valence-electron chi connectivity index (χ2n) is 2.11. The molecule has 5 nitrogen and oxygen atoms in total. The van der Waals surface area contributed by atoms with Gasteiger partial charge in [-0.2, -0.15) is 0 Å². The summed E-state index contributed by atoms with van der Waals surface area (Å²) in [4.78, 5) is 3.93. The maximum atomic E-state index is 5.06. The molecule has 0 unspecified atom stereocenters. The lowest BCUT2D eigenvalue weighted by atomic mass is 10.6. The monoisotopic (exact) mass is 228 g/mol. The number of fused-ring (bicyclic) bond motifs is 1. The van der Waals surface area contributed by atoms with Crippen molar-refractivity contribution in [3.8, 4) is 5.88 Å². The van der Waals surface area contributed by atoms with E-state index < -0.39 is 0 Å². The van der Waals surface area contributed by atoms with Crippen molar-refractivity contribution in [2.24, 2.45) is 0 Å². The minimum atomic E-state index is 0.601. The van der Waals surface area contributed by atoms with Gasteiger partial charge in [-0.05, 0) is 15.9 Å². The van der Waals surface area contributed by atoms with Gasteiger partial charge in [0.2, 0.25) is 10.6 Å². The topological polar surface area (TPSA) is 52.3 Å². The summed E-state index contributed by atoms with van der Waals surface area (Å²) in [6.45, 7) is 0. The molecular formula is C6H5BrN4O. The van der Waals surface area contributed by atoms with Gasteiger partial charge in [0.1, 0.15) is 0 Å². The lowest BCUT2D eigenvalue weighted by Crippen LogP contribution is -1.94. The molecular weight excluding hydrogens is 224 g/mol. The minimum Gasteiger partial charge on any atom is -0.481 e. The summed E-state index contributed by atoms with van der Waals surface area (Å²) >= 11 is 3.24. The Morgan fingerprint density at radius 3 is 3.00 bits per heavy atom. The van der Waals surface area contributed by atoms with E-state index in [4.69, 9.17) is 4.74 Å². The van der Waals surface area contributed by atoms with Crippen molar-refractivity contribution in [2.45, 2.75) is 0 Å². The summed E-state index contributed by atoms with van der Waals surface area (Å²) < 4.78 is 7.38. The molecule has 0 saturated carbocycles. The van der Waals surface area contributed by atoms with Crippen LogP contribution in [-0.2, 0) is 0 Å². The number of halogens is 1. The molecule has 2 aromatic heterocycles. The van der Waals surface area contributed by atoms with Gasteiger partial charge < -0.3 is 4.74 Å². The van der Waals surface area contributed by atoms with Crippen LogP contribution in [0, 0.1) is 0 Å². The fraction of sp³-hybridized carbons (Fsp3) is 0.167. The highest BCUT2D eigenvalue weighted by Gasteiger charge is 2.06. The number of hydrogen-bond donors (Lipinski definition) is 0. The van der Waals surface area contributed by atoms with E-state index in [0.29, 0.717) is 16.3 Å². The Hall–Kier alpha value is -1.17. The third-order valence-electron chi connectivity index (χ3n) is 1.45. The quantitative estimate of drug-likeness (QED) is 0.728. The number of ether oxygens (including phenoxy) is 1. The molecule has 0 radical (unpaired) electrons. The number of rotatable bonds is 1. The molecule has 0 atom stereocenters. The molecule has 0 bridgehead atoms. The van der Waals surface area contributed by atoms with Gasteiger partial charge in [-0.3, -0.25) is 4.98 Å². The van der Waals surface area contributed by atoms with Gasteiger partial charge in [0.25, 0.3) is 0 Å². The van der Waals surface area contributed by atoms with Gasteiger partial charge in [0, 0.05) is 0 Å². The van der Waals surface area contributed by atoms with E-state index in [1.165, 1.54) is 0 Å². The standard InChI is InChI=1S/C6H5BrN4O/c1-12-5-3-8-2-4-9-10-6(7)11(4)5/h2-3H,1H3. The molecule has 12 heavy (non-hydrogen) atoms. The molecule has 0 aliphatic rings. The molecule has 2 rings (SSSR count). The van der Waals surface area contributed by atoms with Crippen LogP contribution >= 0.6 is 15.9 Å². The first-order chi connectivity index (χ1) is 5.83. The van der Waals surface area contributed by atoms with Crippen LogP contribution in [0.1, 0.15) is 0 Å². The second kappa shape index (κ2) is 2.71. The first-order valence-corrected chi connectivity index (χ1v) is 4.01. The fourth-order valence-corrected chi connectivity index (χ4v) is 1.37. The second-order valence-corrected chi connectivity index (χ2v) is 2.82. The fourth-order valence-electron chi connectivity index (χ4n) is 0.933. The zero-order valence-corrected chi connectivity index (χ0v) is 7.82. The minimum absolute atomic E-state index is 0.601. The van der Waals surface area contributed by atoms with Crippen LogP contribution < -0.4 is 4.74 Å². The van der Waals surface area contributed by atoms with Crippen molar-refractivity contribution in [3.05, 3.63) is 17.1 Å². The van der Waals surface area contributed by atoms with Gasteiger partial charge in [0.15, 0.2) is 5.65 Å². The van der Waals surface area contributed by atoms with Gasteiger partial charge in [-0.1, -0.05) is 0 Å². The Kier molecular flexibility index (Phi) is 1.69. The molecule has 0 fully saturated rings. The van der Waals surface area contributed by atoms with Crippen molar-refractivity contribution in [1.29, 1.82) is 0 Å². The lowest BCUT2D eigenvalue weighted by Gasteiger charge is -2.00. The van der Waals surface area contributed by atoms with E-state index in [-0.39, 0.29) is 0 Å². The van der Waals surface area contributed by atoms with Gasteiger partial charge in [-0.25, -0.2) is 4.40 Å². The predicted molar refractivity (Wildman–Crippen MR) is 45.0 cm³/mol. The van der Waals surface area contributed by atoms with E-state index in [2.05, 4.69) is 31.1 Å². The summed E-state index contributed by atoms with van der Waals surface area (Å²) in [5.74, 6) is 0.601. The van der Waals surface area contributed by atoms with Crippen molar-refractivity contribution in [3.63, 3.8) is 0 Å². The first kappa shape index (κ1) is 7.48. The van der Waals surface area contributed by atoms with E-state index in [1.807, 2.05) is 0 Å². The molecule has 0 N–H and O–H groups in total. The van der Waals surface area contributed by atoms with Gasteiger partial charge in [-0.15, -0.1) is 10.2 Å². The Bertz CT molecular complexity index is 413. The molecule has 0 spiro atoms. The highest BCUT2D eigenvalue weighted by molar-refractivity contribution is 9.10. The van der Waals surface area contributed by atoms with Crippen LogP contribution in [0.5, 0.6) is 5.88 Å². The molecule has 0 aliphatic heterocycles. The van der Waals surface area contributed by atoms with Crippen molar-refractivity contribution >= 4 is 21.6 Å². The number of methoxy groups -OCH3 is 1. The van der Waals surface area contributed by atoms with Crippen LogP contribution in [0.2, 0.25) is 0 Å². The van der Waals surface area contributed by atoms with E-state index >= 15 is 0 Å². The smallest absolute Gasteiger partial charge is 0.220 e. The number of aromatic nitrogens is 4. The largest absolute Gasteiger partial charge is 0.481 e. The van der Waals surface area contributed by atoms with Crippen LogP contribution in [0.15, 0.2) is 17.1 Å². The van der Waals surface area contributed by atoms with Crippen molar-refractivity contribution in [1.82, 2.24) is 19.6 Å². The van der Waals surface area contributed by atoms with E-state index in [9.17, 15) is 0 Å². The average Bonchev–Trinajstić information content (AvgIpc) is 2.48. The maximum absolute atomic E-state index is 5.06. The van der Waals surface area contributed by atoms with Crippen LogP contribution in [0.3, 0.4) is 0 Å². The molecule has 0 amide bonds. The van der Waals surface area contributed by atoms with Crippen LogP contribution in [0.25, 0.3) is 5.65 Å². The zero-order chi connectivity index (χ0) is 8.55. The summed E-state index contributed by atoms with van der Waals surface area (Å²) in [5, 5.41) is 7.66. The SMILES string of the molecule is COc1cncc2nnc(Br)n12. The molecule has 62 valence electrons. The van der Waals surface area contributed by atoms with Crippen molar-refractivity contribution in [2.75, 3.05) is 7.11 Å². The Morgan fingerprint density at radius 2 is 2.25 bits per heavy atom. The first-order valence-electron chi connectivity index (χ1n) is 3.21. The van der Waals surface area contributed by atoms with Crippen LogP contribution in [-0.4, -0.2) is 26.7 Å². The number of nitrogens with zero attached hydrogens (tertiary/aromatic N) is 4.